The summed E-state index contributed by atoms with van der Waals surface area (Å²) in [5.41, 5.74) is 0. The van der Waals surface area contributed by atoms with Crippen LogP contribution in [0.1, 0.15) is 0 Å². The minimum Gasteiger partial charge on any atom is -0.349 e. The van der Waals surface area contributed by atoms with Crippen LogP contribution in [0, 0.1) is 0 Å². The van der Waals surface area contributed by atoms with E-state index in [1.54, 1.807) is 12.4 Å². The first kappa shape index (κ1) is 10.9. The molecule has 1 aromatic rings. The molecule has 1 aliphatic heterocycles. The number of halogens is 1. The summed E-state index contributed by atoms with van der Waals surface area (Å²) < 4.78 is 0. The monoisotopic (exact) mass is 217 g/mol. The molecule has 0 unspecified atom stereocenters. The van der Waals surface area contributed by atoms with Crippen molar-refractivity contribution in [2.45, 2.75) is 12.6 Å². The standard InChI is InChI=1S/C7H11N5O.ClH/c13-7(11-6-3-8-4-6)5-12-9-1-2-10-12;/h1-2,6,8H,3-5H2,(H,11,13);1H. The zero-order valence-corrected chi connectivity index (χ0v) is 8.33. The van der Waals surface area contributed by atoms with E-state index in [9.17, 15) is 4.79 Å². The van der Waals surface area contributed by atoms with Gasteiger partial charge in [0, 0.05) is 13.1 Å². The average molecular weight is 218 g/mol. The van der Waals surface area contributed by atoms with E-state index in [1.165, 1.54) is 4.80 Å². The predicted octanol–water partition coefficient (Wildman–Crippen LogP) is -1.21. The van der Waals surface area contributed by atoms with E-state index in [2.05, 4.69) is 20.8 Å². The Morgan fingerprint density at radius 1 is 1.50 bits per heavy atom. The fraction of sp³-hybridized carbons (Fsp3) is 0.571. The van der Waals surface area contributed by atoms with Crippen LogP contribution in [0.3, 0.4) is 0 Å². The Kier molecular flexibility index (Phi) is 3.84. The van der Waals surface area contributed by atoms with Gasteiger partial charge in [-0.15, -0.1) is 12.4 Å². The molecular weight excluding hydrogens is 206 g/mol. The number of carbonyl (C=O) groups excluding carboxylic acids is 1. The summed E-state index contributed by atoms with van der Waals surface area (Å²) in [6, 6.07) is 0.281. The summed E-state index contributed by atoms with van der Waals surface area (Å²) in [6.07, 6.45) is 3.11. The van der Waals surface area contributed by atoms with Gasteiger partial charge in [0.05, 0.1) is 18.4 Å². The zero-order valence-electron chi connectivity index (χ0n) is 7.51. The van der Waals surface area contributed by atoms with Gasteiger partial charge in [-0.05, 0) is 0 Å². The molecular formula is C7H12ClN5O. The molecule has 1 aliphatic rings. The van der Waals surface area contributed by atoms with Crippen molar-refractivity contribution in [1.82, 2.24) is 25.6 Å². The maximum atomic E-state index is 11.3. The SMILES string of the molecule is Cl.O=C(Cn1nccn1)NC1CNC1. The van der Waals surface area contributed by atoms with Gasteiger partial charge in [-0.3, -0.25) is 4.79 Å². The summed E-state index contributed by atoms with van der Waals surface area (Å²) in [5.74, 6) is -0.0392. The Morgan fingerprint density at radius 2 is 2.14 bits per heavy atom. The van der Waals surface area contributed by atoms with Crippen LogP contribution >= 0.6 is 12.4 Å². The fourth-order valence-electron chi connectivity index (χ4n) is 1.12. The van der Waals surface area contributed by atoms with E-state index in [1.807, 2.05) is 0 Å². The highest BCUT2D eigenvalue weighted by molar-refractivity contribution is 5.85. The smallest absolute Gasteiger partial charge is 0.243 e. The molecule has 0 saturated carbocycles. The highest BCUT2D eigenvalue weighted by Gasteiger charge is 2.18. The van der Waals surface area contributed by atoms with Gasteiger partial charge < -0.3 is 10.6 Å². The molecule has 0 atom stereocenters. The first-order chi connectivity index (χ1) is 6.34. The van der Waals surface area contributed by atoms with E-state index in [0.717, 1.165) is 13.1 Å². The van der Waals surface area contributed by atoms with Crippen molar-refractivity contribution in [2.24, 2.45) is 0 Å². The van der Waals surface area contributed by atoms with Crippen LogP contribution in [0.25, 0.3) is 0 Å². The zero-order chi connectivity index (χ0) is 9.10. The summed E-state index contributed by atoms with van der Waals surface area (Å²) in [7, 11) is 0. The molecule has 6 nitrogen and oxygen atoms in total. The van der Waals surface area contributed by atoms with Gasteiger partial charge in [0.15, 0.2) is 0 Å². The molecule has 0 radical (unpaired) electrons. The summed E-state index contributed by atoms with van der Waals surface area (Å²) in [6.45, 7) is 1.92. The maximum absolute atomic E-state index is 11.3. The Morgan fingerprint density at radius 3 is 2.64 bits per heavy atom. The van der Waals surface area contributed by atoms with Crippen LogP contribution in [0.5, 0.6) is 0 Å². The number of hydrogen-bond donors (Lipinski definition) is 2. The molecule has 7 heteroatoms. The van der Waals surface area contributed by atoms with Crippen LogP contribution in [-0.2, 0) is 11.3 Å². The van der Waals surface area contributed by atoms with Crippen molar-refractivity contribution in [3.63, 3.8) is 0 Å². The molecule has 14 heavy (non-hydrogen) atoms. The second kappa shape index (κ2) is 4.92. The average Bonchev–Trinajstić information content (AvgIpc) is 2.49. The van der Waals surface area contributed by atoms with Crippen LogP contribution in [0.4, 0.5) is 0 Å². The molecule has 2 heterocycles. The van der Waals surface area contributed by atoms with Gasteiger partial charge in [-0.1, -0.05) is 0 Å². The second-order valence-electron chi connectivity index (χ2n) is 2.98. The number of amides is 1. The van der Waals surface area contributed by atoms with Gasteiger partial charge in [-0.25, -0.2) is 0 Å². The molecule has 78 valence electrons. The van der Waals surface area contributed by atoms with Crippen LogP contribution < -0.4 is 10.6 Å². The third-order valence-electron chi connectivity index (χ3n) is 1.90. The third kappa shape index (κ3) is 2.68. The quantitative estimate of drug-likeness (QED) is 0.667. The lowest BCUT2D eigenvalue weighted by atomic mass is 10.2. The topological polar surface area (TPSA) is 71.8 Å². The van der Waals surface area contributed by atoms with Gasteiger partial charge in [0.1, 0.15) is 6.54 Å². The number of nitrogens with one attached hydrogen (secondary N) is 2. The molecule has 1 amide bonds. The number of carbonyl (C=O) groups is 1. The van der Waals surface area contributed by atoms with Crippen LogP contribution in [-0.4, -0.2) is 40.0 Å². The van der Waals surface area contributed by atoms with Crippen molar-refractivity contribution in [2.75, 3.05) is 13.1 Å². The number of rotatable bonds is 3. The van der Waals surface area contributed by atoms with E-state index in [-0.39, 0.29) is 30.9 Å². The molecule has 0 bridgehead atoms. The first-order valence-corrected chi connectivity index (χ1v) is 4.19. The lowest BCUT2D eigenvalue weighted by Crippen LogP contribution is -2.57. The van der Waals surface area contributed by atoms with E-state index < -0.39 is 0 Å². The van der Waals surface area contributed by atoms with E-state index in [0.29, 0.717) is 0 Å². The van der Waals surface area contributed by atoms with Crippen molar-refractivity contribution in [3.05, 3.63) is 12.4 Å². The molecule has 1 saturated heterocycles. The number of aromatic nitrogens is 3. The minimum absolute atomic E-state index is 0. The summed E-state index contributed by atoms with van der Waals surface area (Å²) in [4.78, 5) is 12.6. The fourth-order valence-corrected chi connectivity index (χ4v) is 1.12. The second-order valence-corrected chi connectivity index (χ2v) is 2.98. The van der Waals surface area contributed by atoms with E-state index in [4.69, 9.17) is 0 Å². The van der Waals surface area contributed by atoms with Crippen molar-refractivity contribution in [1.29, 1.82) is 0 Å². The predicted molar refractivity (Wildman–Crippen MR) is 52.1 cm³/mol. The molecule has 0 aromatic carbocycles. The molecule has 0 aliphatic carbocycles. The van der Waals surface area contributed by atoms with Crippen molar-refractivity contribution < 1.29 is 4.79 Å². The summed E-state index contributed by atoms with van der Waals surface area (Å²) >= 11 is 0. The first-order valence-electron chi connectivity index (χ1n) is 4.19. The Balaban J connectivity index is 0.000000980. The molecule has 2 rings (SSSR count). The van der Waals surface area contributed by atoms with Crippen molar-refractivity contribution >= 4 is 18.3 Å². The molecule has 2 N–H and O–H groups in total. The van der Waals surface area contributed by atoms with Crippen molar-refractivity contribution in [3.8, 4) is 0 Å². The Hall–Kier alpha value is -1.14. The highest BCUT2D eigenvalue weighted by Crippen LogP contribution is 1.90. The van der Waals surface area contributed by atoms with Gasteiger partial charge in [0.2, 0.25) is 5.91 Å². The lowest BCUT2D eigenvalue weighted by Gasteiger charge is -2.27. The minimum atomic E-state index is -0.0392. The van der Waals surface area contributed by atoms with Crippen LogP contribution in [0.15, 0.2) is 12.4 Å². The molecule has 1 fully saturated rings. The largest absolute Gasteiger partial charge is 0.349 e. The Bertz CT molecular complexity index is 284. The summed E-state index contributed by atoms with van der Waals surface area (Å²) in [5, 5.41) is 13.6. The normalized spacial score (nSPS) is 15.4. The highest BCUT2D eigenvalue weighted by atomic mass is 35.5. The van der Waals surface area contributed by atoms with E-state index >= 15 is 0 Å². The molecule has 0 spiro atoms. The van der Waals surface area contributed by atoms with Crippen LogP contribution in [0.2, 0.25) is 0 Å². The van der Waals surface area contributed by atoms with Gasteiger partial charge >= 0.3 is 0 Å². The Labute approximate surface area is 87.5 Å². The lowest BCUT2D eigenvalue weighted by molar-refractivity contribution is -0.123. The number of hydrogen-bond acceptors (Lipinski definition) is 4. The number of nitrogens with zero attached hydrogens (tertiary/aromatic N) is 3. The van der Waals surface area contributed by atoms with Gasteiger partial charge in [-0.2, -0.15) is 15.0 Å². The molecule has 1 aromatic heterocycles. The maximum Gasteiger partial charge on any atom is 0.243 e. The van der Waals surface area contributed by atoms with Gasteiger partial charge in [0.25, 0.3) is 0 Å². The third-order valence-corrected chi connectivity index (χ3v) is 1.90.